The van der Waals surface area contributed by atoms with Gasteiger partial charge in [-0.3, -0.25) is 0 Å². The molecule has 2 aromatic heterocycles. The number of rotatable bonds is 1. The molecule has 3 rings (SSSR count). The van der Waals surface area contributed by atoms with Gasteiger partial charge in [-0.15, -0.1) is 12.4 Å². The molecule has 0 saturated carbocycles. The van der Waals surface area contributed by atoms with Crippen LogP contribution in [0.5, 0.6) is 0 Å². The van der Waals surface area contributed by atoms with Crippen molar-refractivity contribution in [2.75, 3.05) is 11.5 Å². The normalized spacial score (nSPS) is 10.2. The highest BCUT2D eigenvalue weighted by molar-refractivity contribution is 6.30. The van der Waals surface area contributed by atoms with Crippen LogP contribution in [0.15, 0.2) is 30.5 Å². The Bertz CT molecular complexity index is 760. The van der Waals surface area contributed by atoms with Crippen LogP contribution in [-0.4, -0.2) is 19.9 Å². The number of nitrogens with two attached hydrogens (primary N) is 2. The summed E-state index contributed by atoms with van der Waals surface area (Å²) < 4.78 is 0. The Hall–Kier alpha value is -2.18. The lowest BCUT2D eigenvalue weighted by molar-refractivity contribution is 1.17. The summed E-state index contributed by atoms with van der Waals surface area (Å²) in [5, 5.41) is 0.660. The lowest BCUT2D eigenvalue weighted by atomic mass is 10.2. The van der Waals surface area contributed by atoms with Gasteiger partial charge in [-0.25, -0.2) is 9.97 Å². The maximum Gasteiger partial charge on any atom is 0.224 e. The minimum absolute atomic E-state index is 0. The number of nitrogen functional groups attached to an aromatic ring is 2. The van der Waals surface area contributed by atoms with Crippen molar-refractivity contribution in [3.8, 4) is 11.3 Å². The SMILES string of the molecule is Cl.Nc1nc(N)c2ncc(-c3ccc(Cl)cc3)nc2n1. The van der Waals surface area contributed by atoms with Crippen molar-refractivity contribution in [1.29, 1.82) is 0 Å². The fourth-order valence-electron chi connectivity index (χ4n) is 1.71. The van der Waals surface area contributed by atoms with Gasteiger partial charge in [0.1, 0.15) is 5.52 Å². The van der Waals surface area contributed by atoms with Crippen molar-refractivity contribution in [1.82, 2.24) is 19.9 Å². The molecule has 0 fully saturated rings. The van der Waals surface area contributed by atoms with Crippen molar-refractivity contribution in [2.24, 2.45) is 0 Å². The van der Waals surface area contributed by atoms with Gasteiger partial charge in [0.25, 0.3) is 0 Å². The molecule has 0 saturated heterocycles. The van der Waals surface area contributed by atoms with Crippen LogP contribution in [0.1, 0.15) is 0 Å². The lowest BCUT2D eigenvalue weighted by Gasteiger charge is -2.04. The van der Waals surface area contributed by atoms with E-state index in [1.54, 1.807) is 18.3 Å². The molecule has 102 valence electrons. The molecule has 4 N–H and O–H groups in total. The van der Waals surface area contributed by atoms with Crippen LogP contribution >= 0.6 is 24.0 Å². The molecular formula is C12H10Cl2N6. The molecule has 0 unspecified atom stereocenters. The summed E-state index contributed by atoms with van der Waals surface area (Å²) in [4.78, 5) is 16.5. The zero-order valence-electron chi connectivity index (χ0n) is 10.1. The number of halogens is 2. The van der Waals surface area contributed by atoms with E-state index in [4.69, 9.17) is 23.1 Å². The summed E-state index contributed by atoms with van der Waals surface area (Å²) in [5.41, 5.74) is 13.6. The highest BCUT2D eigenvalue weighted by Gasteiger charge is 2.08. The Balaban J connectivity index is 0.00000147. The number of benzene rings is 1. The third-order valence-corrected chi connectivity index (χ3v) is 2.84. The van der Waals surface area contributed by atoms with E-state index in [0.29, 0.717) is 21.9 Å². The molecule has 0 atom stereocenters. The summed E-state index contributed by atoms with van der Waals surface area (Å²) >= 11 is 5.85. The predicted octanol–water partition coefficient (Wildman–Crippen LogP) is 2.33. The van der Waals surface area contributed by atoms with Crippen LogP contribution in [0.3, 0.4) is 0 Å². The van der Waals surface area contributed by atoms with Gasteiger partial charge in [0.05, 0.1) is 11.9 Å². The zero-order chi connectivity index (χ0) is 13.4. The Morgan fingerprint density at radius 1 is 0.950 bits per heavy atom. The highest BCUT2D eigenvalue weighted by atomic mass is 35.5. The van der Waals surface area contributed by atoms with Gasteiger partial charge in [0.15, 0.2) is 11.5 Å². The van der Waals surface area contributed by atoms with Crippen molar-refractivity contribution in [2.45, 2.75) is 0 Å². The molecule has 0 aliphatic heterocycles. The Morgan fingerprint density at radius 3 is 2.35 bits per heavy atom. The average molecular weight is 309 g/mol. The van der Waals surface area contributed by atoms with Gasteiger partial charge in [0.2, 0.25) is 5.95 Å². The van der Waals surface area contributed by atoms with E-state index < -0.39 is 0 Å². The third kappa shape index (κ3) is 2.56. The molecule has 0 amide bonds. The summed E-state index contributed by atoms with van der Waals surface area (Å²) in [7, 11) is 0. The van der Waals surface area contributed by atoms with E-state index in [1.165, 1.54) is 0 Å². The minimum atomic E-state index is 0. The van der Waals surface area contributed by atoms with Crippen LogP contribution in [0.25, 0.3) is 22.4 Å². The van der Waals surface area contributed by atoms with E-state index >= 15 is 0 Å². The Labute approximate surface area is 125 Å². The molecule has 8 heteroatoms. The topological polar surface area (TPSA) is 104 Å². The van der Waals surface area contributed by atoms with Crippen molar-refractivity contribution in [3.05, 3.63) is 35.5 Å². The fourth-order valence-corrected chi connectivity index (χ4v) is 1.83. The monoisotopic (exact) mass is 308 g/mol. The fraction of sp³-hybridized carbons (Fsp3) is 0. The van der Waals surface area contributed by atoms with Gasteiger partial charge < -0.3 is 11.5 Å². The van der Waals surface area contributed by atoms with Crippen LogP contribution in [0, 0.1) is 0 Å². The van der Waals surface area contributed by atoms with E-state index in [-0.39, 0.29) is 24.2 Å². The third-order valence-electron chi connectivity index (χ3n) is 2.59. The van der Waals surface area contributed by atoms with E-state index in [0.717, 1.165) is 5.56 Å². The second kappa shape index (κ2) is 5.44. The number of aromatic nitrogens is 4. The first-order valence-corrected chi connectivity index (χ1v) is 5.83. The molecule has 0 aliphatic carbocycles. The van der Waals surface area contributed by atoms with E-state index in [9.17, 15) is 0 Å². The second-order valence-electron chi connectivity index (χ2n) is 3.90. The quantitative estimate of drug-likeness (QED) is 0.715. The zero-order valence-corrected chi connectivity index (χ0v) is 11.7. The van der Waals surface area contributed by atoms with Crippen molar-refractivity contribution < 1.29 is 0 Å². The van der Waals surface area contributed by atoms with Gasteiger partial charge in [-0.2, -0.15) is 9.97 Å². The van der Waals surface area contributed by atoms with Gasteiger partial charge in [0, 0.05) is 10.6 Å². The highest BCUT2D eigenvalue weighted by Crippen LogP contribution is 2.22. The van der Waals surface area contributed by atoms with Gasteiger partial charge >= 0.3 is 0 Å². The number of nitrogens with zero attached hydrogens (tertiary/aromatic N) is 4. The van der Waals surface area contributed by atoms with Crippen LogP contribution in [-0.2, 0) is 0 Å². The van der Waals surface area contributed by atoms with Gasteiger partial charge in [-0.05, 0) is 12.1 Å². The first-order valence-electron chi connectivity index (χ1n) is 5.45. The van der Waals surface area contributed by atoms with E-state index in [1.807, 2.05) is 12.1 Å². The van der Waals surface area contributed by atoms with Crippen LogP contribution in [0.4, 0.5) is 11.8 Å². The van der Waals surface area contributed by atoms with Crippen molar-refractivity contribution >= 4 is 46.9 Å². The first-order chi connectivity index (χ1) is 9.13. The van der Waals surface area contributed by atoms with E-state index in [2.05, 4.69) is 19.9 Å². The summed E-state index contributed by atoms with van der Waals surface area (Å²) in [5.74, 6) is 0.296. The molecule has 3 aromatic rings. The molecule has 6 nitrogen and oxygen atoms in total. The van der Waals surface area contributed by atoms with Crippen LogP contribution in [0.2, 0.25) is 5.02 Å². The maximum atomic E-state index is 5.85. The maximum absolute atomic E-state index is 5.85. The first kappa shape index (κ1) is 14.2. The lowest BCUT2D eigenvalue weighted by Crippen LogP contribution is -2.03. The molecule has 0 radical (unpaired) electrons. The Kier molecular flexibility index (Phi) is 3.87. The molecule has 1 aromatic carbocycles. The summed E-state index contributed by atoms with van der Waals surface area (Å²) in [6.07, 6.45) is 1.61. The van der Waals surface area contributed by atoms with Crippen molar-refractivity contribution in [3.63, 3.8) is 0 Å². The standard InChI is InChI=1S/C12H9ClN6.ClH/c13-7-3-1-6(2-4-7)8-5-16-9-10(14)18-12(15)19-11(9)17-8;/h1-5H,(H4,14,15,17,18,19);1H. The smallest absolute Gasteiger partial charge is 0.224 e. The molecule has 20 heavy (non-hydrogen) atoms. The number of hydrogen-bond donors (Lipinski definition) is 2. The molecule has 0 bridgehead atoms. The molecular weight excluding hydrogens is 299 g/mol. The molecule has 2 heterocycles. The average Bonchev–Trinajstić information content (AvgIpc) is 2.38. The number of hydrogen-bond acceptors (Lipinski definition) is 6. The van der Waals surface area contributed by atoms with Crippen LogP contribution < -0.4 is 11.5 Å². The van der Waals surface area contributed by atoms with Gasteiger partial charge in [-0.1, -0.05) is 23.7 Å². The number of fused-ring (bicyclic) bond motifs is 1. The molecule has 0 aliphatic rings. The second-order valence-corrected chi connectivity index (χ2v) is 4.34. The predicted molar refractivity (Wildman–Crippen MR) is 81.6 cm³/mol. The number of anilines is 2. The summed E-state index contributed by atoms with van der Waals surface area (Å²) in [6.45, 7) is 0. The largest absolute Gasteiger partial charge is 0.382 e. The summed E-state index contributed by atoms with van der Waals surface area (Å²) in [6, 6.07) is 7.27. The Morgan fingerprint density at radius 2 is 1.65 bits per heavy atom. The molecule has 0 spiro atoms. The minimum Gasteiger partial charge on any atom is -0.382 e.